The van der Waals surface area contributed by atoms with Gasteiger partial charge in [0.2, 0.25) is 0 Å². The van der Waals surface area contributed by atoms with Crippen LogP contribution in [0.25, 0.3) is 0 Å². The van der Waals surface area contributed by atoms with E-state index in [0.29, 0.717) is 32.0 Å². The SMILES string of the molecule is CCNC(=NCC(C)(C)c1cccs1)NCCCN(C)CC(F)(F)F.I. The lowest BCUT2D eigenvalue weighted by Gasteiger charge is -2.22. The molecule has 0 radical (unpaired) electrons. The highest BCUT2D eigenvalue weighted by Crippen LogP contribution is 2.27. The second kappa shape index (κ2) is 12.0. The summed E-state index contributed by atoms with van der Waals surface area (Å²) in [6.07, 6.45) is -3.53. The summed E-state index contributed by atoms with van der Waals surface area (Å²) in [5, 5.41) is 8.42. The Labute approximate surface area is 175 Å². The Morgan fingerprint density at radius 1 is 1.27 bits per heavy atom. The van der Waals surface area contributed by atoms with Crippen molar-refractivity contribution < 1.29 is 13.2 Å². The van der Waals surface area contributed by atoms with Crippen LogP contribution >= 0.6 is 35.3 Å². The third kappa shape index (κ3) is 10.6. The zero-order valence-electron chi connectivity index (χ0n) is 15.8. The van der Waals surface area contributed by atoms with Crippen molar-refractivity contribution in [2.45, 2.75) is 38.8 Å². The molecule has 1 rings (SSSR count). The first-order chi connectivity index (χ1) is 11.6. The van der Waals surface area contributed by atoms with E-state index in [-0.39, 0.29) is 29.4 Å². The second-order valence-corrected chi connectivity index (χ2v) is 7.64. The number of hydrogen-bond acceptors (Lipinski definition) is 3. The fourth-order valence-electron chi connectivity index (χ4n) is 2.30. The number of halogens is 4. The molecule has 26 heavy (non-hydrogen) atoms. The van der Waals surface area contributed by atoms with Gasteiger partial charge in [0.25, 0.3) is 0 Å². The minimum absolute atomic E-state index is 0. The summed E-state index contributed by atoms with van der Waals surface area (Å²) in [6.45, 7) is 7.74. The standard InChI is InChI=1S/C17H29F3N4S.HI/c1-5-21-15(22-9-7-10-24(4)13-17(18,19)20)23-12-16(2,3)14-8-6-11-25-14;/h6,8,11H,5,7,9-10,12-13H2,1-4H3,(H2,21,22,23);1H. The largest absolute Gasteiger partial charge is 0.401 e. The molecular weight excluding hydrogens is 476 g/mol. The van der Waals surface area contributed by atoms with Gasteiger partial charge in [0, 0.05) is 23.4 Å². The fraction of sp³-hybridized carbons (Fsp3) is 0.706. The van der Waals surface area contributed by atoms with Gasteiger partial charge in [-0.05, 0) is 38.4 Å². The summed E-state index contributed by atoms with van der Waals surface area (Å²) in [5.74, 6) is 0.700. The quantitative estimate of drug-likeness (QED) is 0.230. The van der Waals surface area contributed by atoms with Gasteiger partial charge in [0.05, 0.1) is 13.1 Å². The van der Waals surface area contributed by atoms with E-state index in [1.165, 1.54) is 16.8 Å². The highest BCUT2D eigenvalue weighted by molar-refractivity contribution is 14.0. The molecule has 1 aromatic heterocycles. The molecule has 9 heteroatoms. The molecular formula is C17H30F3IN4S. The van der Waals surface area contributed by atoms with Crippen LogP contribution < -0.4 is 10.6 Å². The smallest absolute Gasteiger partial charge is 0.357 e. The molecule has 0 unspecified atom stereocenters. The zero-order valence-corrected chi connectivity index (χ0v) is 19.0. The predicted octanol–water partition coefficient (Wildman–Crippen LogP) is 4.08. The van der Waals surface area contributed by atoms with Gasteiger partial charge in [-0.2, -0.15) is 13.2 Å². The Balaban J connectivity index is 0.00000625. The first-order valence-electron chi connectivity index (χ1n) is 8.45. The van der Waals surface area contributed by atoms with Crippen molar-refractivity contribution in [2.24, 2.45) is 4.99 Å². The fourth-order valence-corrected chi connectivity index (χ4v) is 3.15. The number of guanidine groups is 1. The molecule has 1 heterocycles. The molecule has 0 atom stereocenters. The maximum Gasteiger partial charge on any atom is 0.401 e. The van der Waals surface area contributed by atoms with Gasteiger partial charge < -0.3 is 10.6 Å². The molecule has 4 nitrogen and oxygen atoms in total. The summed E-state index contributed by atoms with van der Waals surface area (Å²) >= 11 is 1.72. The van der Waals surface area contributed by atoms with E-state index in [9.17, 15) is 13.2 Å². The van der Waals surface area contributed by atoms with Crippen LogP contribution in [0.5, 0.6) is 0 Å². The van der Waals surface area contributed by atoms with Crippen molar-refractivity contribution >= 4 is 41.3 Å². The Hall–Kier alpha value is -0.550. The van der Waals surface area contributed by atoms with Crippen LogP contribution in [0.3, 0.4) is 0 Å². The molecule has 0 saturated heterocycles. The van der Waals surface area contributed by atoms with E-state index in [0.717, 1.165) is 6.54 Å². The molecule has 0 aliphatic rings. The Morgan fingerprint density at radius 2 is 1.96 bits per heavy atom. The van der Waals surface area contributed by atoms with Gasteiger partial charge in [-0.3, -0.25) is 9.89 Å². The van der Waals surface area contributed by atoms with Gasteiger partial charge in [0.1, 0.15) is 0 Å². The van der Waals surface area contributed by atoms with Crippen LogP contribution in [-0.2, 0) is 5.41 Å². The molecule has 0 spiro atoms. The molecule has 0 aliphatic carbocycles. The number of rotatable bonds is 9. The molecule has 0 aromatic carbocycles. The van der Waals surface area contributed by atoms with Crippen molar-refractivity contribution in [3.05, 3.63) is 22.4 Å². The molecule has 0 bridgehead atoms. The van der Waals surface area contributed by atoms with Gasteiger partial charge in [-0.15, -0.1) is 35.3 Å². The molecule has 152 valence electrons. The first-order valence-corrected chi connectivity index (χ1v) is 9.33. The average molecular weight is 506 g/mol. The highest BCUT2D eigenvalue weighted by Gasteiger charge is 2.28. The number of alkyl halides is 3. The molecule has 0 fully saturated rings. The van der Waals surface area contributed by atoms with E-state index >= 15 is 0 Å². The van der Waals surface area contributed by atoms with Gasteiger partial charge in [-0.25, -0.2) is 0 Å². The monoisotopic (exact) mass is 506 g/mol. The number of nitrogens with one attached hydrogen (secondary N) is 2. The van der Waals surface area contributed by atoms with E-state index in [2.05, 4.69) is 40.9 Å². The van der Waals surface area contributed by atoms with Crippen LogP contribution in [0.4, 0.5) is 13.2 Å². The van der Waals surface area contributed by atoms with E-state index < -0.39 is 12.7 Å². The third-order valence-corrected chi connectivity index (χ3v) is 4.86. The lowest BCUT2D eigenvalue weighted by Crippen LogP contribution is -2.40. The summed E-state index contributed by atoms with van der Waals surface area (Å²) < 4.78 is 36.9. The minimum atomic E-state index is -4.15. The third-order valence-electron chi connectivity index (χ3n) is 3.62. The summed E-state index contributed by atoms with van der Waals surface area (Å²) in [4.78, 5) is 7.19. The Bertz CT molecular complexity index is 519. The maximum absolute atomic E-state index is 12.3. The molecule has 0 saturated carbocycles. The number of hydrogen-bond donors (Lipinski definition) is 2. The van der Waals surface area contributed by atoms with Gasteiger partial charge in [0.15, 0.2) is 5.96 Å². The van der Waals surface area contributed by atoms with E-state index in [1.807, 2.05) is 13.0 Å². The summed E-state index contributed by atoms with van der Waals surface area (Å²) in [7, 11) is 1.48. The second-order valence-electron chi connectivity index (χ2n) is 6.69. The topological polar surface area (TPSA) is 39.7 Å². The zero-order chi connectivity index (χ0) is 18.9. The van der Waals surface area contributed by atoms with Crippen molar-refractivity contribution in [1.82, 2.24) is 15.5 Å². The van der Waals surface area contributed by atoms with E-state index in [4.69, 9.17) is 0 Å². The van der Waals surface area contributed by atoms with E-state index in [1.54, 1.807) is 11.3 Å². The van der Waals surface area contributed by atoms with Crippen LogP contribution in [0.2, 0.25) is 0 Å². The lowest BCUT2D eigenvalue weighted by atomic mass is 9.92. The average Bonchev–Trinajstić information content (AvgIpc) is 3.02. The molecule has 2 N–H and O–H groups in total. The Kier molecular flexibility index (Phi) is 11.8. The molecule has 0 amide bonds. The summed E-state index contributed by atoms with van der Waals surface area (Å²) in [6, 6.07) is 4.14. The van der Waals surface area contributed by atoms with Crippen LogP contribution in [0.15, 0.2) is 22.5 Å². The summed E-state index contributed by atoms with van der Waals surface area (Å²) in [5.41, 5.74) is -0.0521. The van der Waals surface area contributed by atoms with Crippen molar-refractivity contribution in [1.29, 1.82) is 0 Å². The van der Waals surface area contributed by atoms with Crippen LogP contribution in [0, 0.1) is 0 Å². The number of aliphatic imine (C=N–C) groups is 1. The van der Waals surface area contributed by atoms with Gasteiger partial charge in [-0.1, -0.05) is 19.9 Å². The van der Waals surface area contributed by atoms with Crippen molar-refractivity contribution in [3.63, 3.8) is 0 Å². The lowest BCUT2D eigenvalue weighted by molar-refractivity contribution is -0.143. The normalized spacial score (nSPS) is 12.8. The first kappa shape index (κ1) is 25.4. The highest BCUT2D eigenvalue weighted by atomic mass is 127. The van der Waals surface area contributed by atoms with Crippen molar-refractivity contribution in [2.75, 3.05) is 39.8 Å². The maximum atomic E-state index is 12.3. The minimum Gasteiger partial charge on any atom is -0.357 e. The number of nitrogens with zero attached hydrogens (tertiary/aromatic N) is 2. The van der Waals surface area contributed by atoms with Crippen LogP contribution in [-0.4, -0.2) is 56.8 Å². The van der Waals surface area contributed by atoms with Crippen LogP contribution in [0.1, 0.15) is 32.1 Å². The molecule has 0 aliphatic heterocycles. The molecule has 1 aromatic rings. The Morgan fingerprint density at radius 3 is 2.50 bits per heavy atom. The van der Waals surface area contributed by atoms with Gasteiger partial charge >= 0.3 is 6.18 Å². The predicted molar refractivity (Wildman–Crippen MR) is 115 cm³/mol. The van der Waals surface area contributed by atoms with Crippen molar-refractivity contribution in [3.8, 4) is 0 Å². The number of thiophene rings is 1.